The van der Waals surface area contributed by atoms with Gasteiger partial charge in [-0.2, -0.15) is 0 Å². The van der Waals surface area contributed by atoms with E-state index in [-0.39, 0.29) is 18.4 Å². The molecule has 0 aromatic heterocycles. The fraction of sp³-hybridized carbons (Fsp3) is 1.00. The third kappa shape index (κ3) is 2.94. The van der Waals surface area contributed by atoms with Crippen molar-refractivity contribution in [2.24, 2.45) is 5.92 Å². The monoisotopic (exact) mass is 248 g/mol. The summed E-state index contributed by atoms with van der Waals surface area (Å²) in [5.74, 6) is 0.592. The van der Waals surface area contributed by atoms with E-state index in [1.165, 1.54) is 7.11 Å². The van der Waals surface area contributed by atoms with Gasteiger partial charge in [0.25, 0.3) is 0 Å². The Morgan fingerprint density at radius 1 is 1.38 bits per heavy atom. The Labute approximate surface area is 97.2 Å². The van der Waals surface area contributed by atoms with E-state index >= 15 is 0 Å². The van der Waals surface area contributed by atoms with Gasteiger partial charge in [0.15, 0.2) is 0 Å². The number of fused-ring (bicyclic) bond motifs is 3. The Morgan fingerprint density at radius 2 is 2.06 bits per heavy atom. The van der Waals surface area contributed by atoms with Crippen LogP contribution >= 0.6 is 0 Å². The van der Waals surface area contributed by atoms with E-state index in [9.17, 15) is 8.42 Å². The normalized spacial score (nSPS) is 34.2. The third-order valence-corrected chi connectivity index (χ3v) is 4.91. The second-order valence-corrected chi connectivity index (χ2v) is 6.55. The number of piperidine rings is 3. The van der Waals surface area contributed by atoms with E-state index < -0.39 is 10.0 Å². The van der Waals surface area contributed by atoms with Crippen LogP contribution < -0.4 is 4.72 Å². The van der Waals surface area contributed by atoms with Crippen LogP contribution in [0.15, 0.2) is 0 Å². The molecule has 3 saturated heterocycles. The predicted molar refractivity (Wildman–Crippen MR) is 61.8 cm³/mol. The summed E-state index contributed by atoms with van der Waals surface area (Å²) in [6, 6.07) is 0.115. The molecular formula is C10H20N2O3S. The molecule has 0 aliphatic carbocycles. The maximum absolute atomic E-state index is 11.7. The minimum Gasteiger partial charge on any atom is -0.384 e. The van der Waals surface area contributed by atoms with Crippen molar-refractivity contribution in [3.63, 3.8) is 0 Å². The highest BCUT2D eigenvalue weighted by Crippen LogP contribution is 2.27. The summed E-state index contributed by atoms with van der Waals surface area (Å²) < 4.78 is 31.1. The standard InChI is InChI=1S/C10H20N2O3S/c1-15-6-7-16(13,14)11-10-8-12-4-2-9(10)3-5-12/h9-11H,2-8H2,1H3. The number of hydrogen-bond acceptors (Lipinski definition) is 4. The van der Waals surface area contributed by atoms with Crippen molar-refractivity contribution in [3.05, 3.63) is 0 Å². The number of nitrogens with zero attached hydrogens (tertiary/aromatic N) is 1. The fourth-order valence-corrected chi connectivity index (χ4v) is 3.81. The van der Waals surface area contributed by atoms with Gasteiger partial charge >= 0.3 is 0 Å². The first-order valence-corrected chi connectivity index (χ1v) is 7.47. The van der Waals surface area contributed by atoms with Crippen molar-refractivity contribution >= 4 is 10.0 Å². The van der Waals surface area contributed by atoms with Gasteiger partial charge in [-0.25, -0.2) is 13.1 Å². The smallest absolute Gasteiger partial charge is 0.214 e. The Balaban J connectivity index is 1.89. The molecule has 0 radical (unpaired) electrons. The lowest BCUT2D eigenvalue weighted by Gasteiger charge is -2.44. The van der Waals surface area contributed by atoms with Crippen LogP contribution in [-0.4, -0.2) is 58.5 Å². The summed E-state index contributed by atoms with van der Waals surface area (Å²) in [4.78, 5) is 2.34. The lowest BCUT2D eigenvalue weighted by Crippen LogP contribution is -2.57. The van der Waals surface area contributed by atoms with Crippen molar-refractivity contribution in [2.45, 2.75) is 18.9 Å². The summed E-state index contributed by atoms with van der Waals surface area (Å²) >= 11 is 0. The van der Waals surface area contributed by atoms with Gasteiger partial charge in [0.2, 0.25) is 10.0 Å². The molecule has 3 aliphatic heterocycles. The zero-order chi connectivity index (χ0) is 11.6. The maximum Gasteiger partial charge on any atom is 0.214 e. The highest BCUT2D eigenvalue weighted by molar-refractivity contribution is 7.89. The molecule has 0 aromatic rings. The SMILES string of the molecule is COCCS(=O)(=O)NC1CN2CCC1CC2. The number of rotatable bonds is 5. The molecule has 0 spiro atoms. The second-order valence-electron chi connectivity index (χ2n) is 4.67. The van der Waals surface area contributed by atoms with E-state index in [2.05, 4.69) is 9.62 Å². The molecule has 1 N–H and O–H groups in total. The van der Waals surface area contributed by atoms with E-state index in [1.54, 1.807) is 0 Å². The van der Waals surface area contributed by atoms with E-state index in [1.807, 2.05) is 0 Å². The molecule has 3 aliphatic rings. The van der Waals surface area contributed by atoms with Gasteiger partial charge in [-0.3, -0.25) is 0 Å². The first kappa shape index (κ1) is 12.3. The molecule has 2 bridgehead atoms. The van der Waals surface area contributed by atoms with Crippen molar-refractivity contribution in [3.8, 4) is 0 Å². The van der Waals surface area contributed by atoms with Crippen molar-refractivity contribution in [1.29, 1.82) is 0 Å². The first-order valence-electron chi connectivity index (χ1n) is 5.82. The van der Waals surface area contributed by atoms with Crippen LogP contribution in [0.1, 0.15) is 12.8 Å². The Kier molecular flexibility index (Phi) is 3.84. The van der Waals surface area contributed by atoms with Gasteiger partial charge in [0, 0.05) is 19.7 Å². The maximum atomic E-state index is 11.7. The molecule has 6 heteroatoms. The van der Waals surface area contributed by atoms with Gasteiger partial charge in [-0.05, 0) is 31.8 Å². The second kappa shape index (κ2) is 5.00. The van der Waals surface area contributed by atoms with Crippen LogP contribution in [0.3, 0.4) is 0 Å². The Bertz CT molecular complexity index is 323. The van der Waals surface area contributed by atoms with Crippen LogP contribution in [0, 0.1) is 5.92 Å². The van der Waals surface area contributed by atoms with E-state index in [0.29, 0.717) is 5.92 Å². The topological polar surface area (TPSA) is 58.6 Å². The molecule has 0 aromatic carbocycles. The summed E-state index contributed by atoms with van der Waals surface area (Å²) in [5.41, 5.74) is 0. The van der Waals surface area contributed by atoms with E-state index in [4.69, 9.17) is 4.74 Å². The summed E-state index contributed by atoms with van der Waals surface area (Å²) in [7, 11) is -1.65. The molecule has 94 valence electrons. The summed E-state index contributed by atoms with van der Waals surface area (Å²) in [5, 5.41) is 0. The summed E-state index contributed by atoms with van der Waals surface area (Å²) in [6.45, 7) is 3.38. The number of hydrogen-bond donors (Lipinski definition) is 1. The quantitative estimate of drug-likeness (QED) is 0.722. The lowest BCUT2D eigenvalue weighted by molar-refractivity contribution is 0.0826. The minimum atomic E-state index is -3.17. The summed E-state index contributed by atoms with van der Waals surface area (Å²) in [6.07, 6.45) is 2.24. The molecule has 0 amide bonds. The molecule has 3 rings (SSSR count). The van der Waals surface area contributed by atoms with Crippen LogP contribution in [0.2, 0.25) is 0 Å². The average molecular weight is 248 g/mol. The largest absolute Gasteiger partial charge is 0.384 e. The number of nitrogens with one attached hydrogen (secondary N) is 1. The predicted octanol–water partition coefficient (Wildman–Crippen LogP) is -0.354. The highest BCUT2D eigenvalue weighted by atomic mass is 32.2. The minimum absolute atomic E-state index is 0.0622. The van der Waals surface area contributed by atoms with Gasteiger partial charge in [0.05, 0.1) is 12.4 Å². The number of sulfonamides is 1. The van der Waals surface area contributed by atoms with Crippen LogP contribution in [0.5, 0.6) is 0 Å². The van der Waals surface area contributed by atoms with Crippen molar-refractivity contribution < 1.29 is 13.2 Å². The molecule has 3 heterocycles. The first-order chi connectivity index (χ1) is 7.61. The molecular weight excluding hydrogens is 228 g/mol. The zero-order valence-corrected chi connectivity index (χ0v) is 10.5. The molecule has 1 atom stereocenters. The van der Waals surface area contributed by atoms with Gasteiger partial charge < -0.3 is 9.64 Å². The number of ether oxygens (including phenoxy) is 1. The molecule has 1 unspecified atom stereocenters. The zero-order valence-electron chi connectivity index (χ0n) is 9.68. The molecule has 16 heavy (non-hydrogen) atoms. The van der Waals surface area contributed by atoms with Crippen LogP contribution in [-0.2, 0) is 14.8 Å². The Hall–Kier alpha value is -0.170. The van der Waals surface area contributed by atoms with Gasteiger partial charge in [-0.1, -0.05) is 0 Å². The molecule has 0 saturated carbocycles. The Morgan fingerprint density at radius 3 is 2.56 bits per heavy atom. The van der Waals surface area contributed by atoms with Crippen molar-refractivity contribution in [1.82, 2.24) is 9.62 Å². The van der Waals surface area contributed by atoms with Crippen LogP contribution in [0.4, 0.5) is 0 Å². The molecule has 3 fully saturated rings. The molecule has 5 nitrogen and oxygen atoms in total. The number of methoxy groups -OCH3 is 1. The van der Waals surface area contributed by atoms with E-state index in [0.717, 1.165) is 32.5 Å². The fourth-order valence-electron chi connectivity index (χ4n) is 2.58. The van der Waals surface area contributed by atoms with Gasteiger partial charge in [-0.15, -0.1) is 0 Å². The third-order valence-electron chi connectivity index (χ3n) is 3.54. The van der Waals surface area contributed by atoms with Crippen LogP contribution in [0.25, 0.3) is 0 Å². The lowest BCUT2D eigenvalue weighted by atomic mass is 9.85. The average Bonchev–Trinajstić information content (AvgIpc) is 2.27. The van der Waals surface area contributed by atoms with Gasteiger partial charge in [0.1, 0.15) is 0 Å². The highest BCUT2D eigenvalue weighted by Gasteiger charge is 2.35. The van der Waals surface area contributed by atoms with Crippen molar-refractivity contribution in [2.75, 3.05) is 39.1 Å².